The Morgan fingerprint density at radius 1 is 0.791 bits per heavy atom. The number of carbonyl (C=O) groups is 2. The number of carbonyl (C=O) groups excluding carboxylic acids is 2. The standard InChI is InChI=1S/C25H42N4O14/c1-8(33)26-14-18(37)17(36)11(6-31)39-23(14)41-20-12(7-32)40-24(15(19(20)38)27-9(2)34)42-22-16(35)10(5-30)13-21(22)43-25(28-13)29(3)4/h10-24,30-32,35-38H,5-7H2,1-4H3,(H,26,33)(H,27,34)/t10-,11+,12+,13-,14+,15+,16+,17+,18-,19-,20+,21-,22-,23-,24-/m0/s1. The SMILES string of the molecule is CC(=O)N[C@H]1[C@H](O[C@H]2[C@@H](O)[C@@H](NC(C)=O)[C@H](O[C@H]3[C@H](O)[C@@H](CO)[C@@H]4N=C(N(C)C)O[C@@H]43)O[C@@H]2CO)O[C@H](CO)[C@@H](O)[C@H]1O. The van der Waals surface area contributed by atoms with E-state index >= 15 is 0 Å². The topological polar surface area (TPSA) is 262 Å². The summed E-state index contributed by atoms with van der Waals surface area (Å²) in [6.07, 6.45) is -15.3. The molecule has 3 heterocycles. The molecule has 4 rings (SSSR count). The molecule has 3 fully saturated rings. The third-order valence-electron chi connectivity index (χ3n) is 8.03. The van der Waals surface area contributed by atoms with Crippen molar-refractivity contribution in [1.29, 1.82) is 0 Å². The lowest BCUT2D eigenvalue weighted by Crippen LogP contribution is -2.69. The fourth-order valence-corrected chi connectivity index (χ4v) is 5.89. The molecule has 15 atom stereocenters. The Hall–Kier alpha value is -2.23. The van der Waals surface area contributed by atoms with Crippen molar-refractivity contribution in [1.82, 2.24) is 15.5 Å². The van der Waals surface area contributed by atoms with Crippen molar-refractivity contribution in [3.8, 4) is 0 Å². The van der Waals surface area contributed by atoms with Gasteiger partial charge in [0, 0.05) is 33.9 Å². The molecule has 0 bridgehead atoms. The van der Waals surface area contributed by atoms with E-state index < -0.39 is 123 Å². The second-order valence-electron chi connectivity index (χ2n) is 11.3. The first kappa shape index (κ1) is 33.7. The maximum absolute atomic E-state index is 12.2. The molecule has 0 aromatic carbocycles. The van der Waals surface area contributed by atoms with Crippen molar-refractivity contribution >= 4 is 17.8 Å². The molecule has 0 spiro atoms. The van der Waals surface area contributed by atoms with Gasteiger partial charge in [0.2, 0.25) is 11.8 Å². The highest BCUT2D eigenvalue weighted by molar-refractivity contribution is 5.76. The number of hydrogen-bond acceptors (Lipinski definition) is 16. The van der Waals surface area contributed by atoms with Crippen LogP contribution in [-0.2, 0) is 33.3 Å². The Morgan fingerprint density at radius 2 is 1.33 bits per heavy atom. The van der Waals surface area contributed by atoms with Crippen LogP contribution in [0.15, 0.2) is 4.99 Å². The molecule has 0 aromatic heterocycles. The Bertz CT molecular complexity index is 1020. The largest absolute Gasteiger partial charge is 0.457 e. The second-order valence-corrected chi connectivity index (χ2v) is 11.3. The normalized spacial score (nSPS) is 44.3. The molecular formula is C25H42N4O14. The van der Waals surface area contributed by atoms with E-state index in [1.54, 1.807) is 19.0 Å². The molecule has 0 radical (unpaired) electrons. The van der Waals surface area contributed by atoms with Crippen molar-refractivity contribution in [2.24, 2.45) is 10.9 Å². The zero-order valence-electron chi connectivity index (χ0n) is 24.2. The summed E-state index contributed by atoms with van der Waals surface area (Å²) in [6.45, 7) is 0.439. The van der Waals surface area contributed by atoms with Gasteiger partial charge in [-0.15, -0.1) is 0 Å². The minimum absolute atomic E-state index is 0.258. The number of aliphatic hydroxyl groups is 7. The van der Waals surface area contributed by atoms with Gasteiger partial charge in [-0.1, -0.05) is 0 Å². The van der Waals surface area contributed by atoms with E-state index in [-0.39, 0.29) is 6.02 Å². The van der Waals surface area contributed by atoms with Crippen LogP contribution in [0.5, 0.6) is 0 Å². The summed E-state index contributed by atoms with van der Waals surface area (Å²) in [5, 5.41) is 78.1. The highest BCUT2D eigenvalue weighted by atomic mass is 16.7. The third-order valence-corrected chi connectivity index (χ3v) is 8.03. The Morgan fingerprint density at radius 3 is 1.84 bits per heavy atom. The van der Waals surface area contributed by atoms with Crippen LogP contribution in [0.2, 0.25) is 0 Å². The summed E-state index contributed by atoms with van der Waals surface area (Å²) in [6, 6.07) is -3.11. The number of nitrogens with zero attached hydrogens (tertiary/aromatic N) is 2. The molecule has 0 unspecified atom stereocenters. The molecule has 4 aliphatic rings. The highest BCUT2D eigenvalue weighted by Gasteiger charge is 2.59. The quantitative estimate of drug-likeness (QED) is 0.116. The van der Waals surface area contributed by atoms with Crippen LogP contribution in [0.25, 0.3) is 0 Å². The summed E-state index contributed by atoms with van der Waals surface area (Å²) >= 11 is 0. The zero-order chi connectivity index (χ0) is 31.7. The van der Waals surface area contributed by atoms with Gasteiger partial charge in [-0.05, 0) is 0 Å². The van der Waals surface area contributed by atoms with Crippen molar-refractivity contribution in [2.45, 2.75) is 99.5 Å². The molecule has 3 aliphatic heterocycles. The predicted molar refractivity (Wildman–Crippen MR) is 141 cm³/mol. The van der Waals surface area contributed by atoms with Crippen LogP contribution < -0.4 is 10.6 Å². The van der Waals surface area contributed by atoms with Crippen molar-refractivity contribution in [3.05, 3.63) is 0 Å². The van der Waals surface area contributed by atoms with Gasteiger partial charge < -0.3 is 75.0 Å². The van der Waals surface area contributed by atoms with Crippen LogP contribution in [-0.4, -0.2) is 178 Å². The van der Waals surface area contributed by atoms with Crippen LogP contribution in [0.1, 0.15) is 13.8 Å². The Labute approximate surface area is 247 Å². The molecular weight excluding hydrogens is 580 g/mol. The first-order chi connectivity index (χ1) is 20.3. The molecule has 246 valence electrons. The molecule has 0 aromatic rings. The predicted octanol–water partition coefficient (Wildman–Crippen LogP) is -6.05. The van der Waals surface area contributed by atoms with E-state index in [0.29, 0.717) is 0 Å². The lowest BCUT2D eigenvalue weighted by molar-refractivity contribution is -0.339. The minimum Gasteiger partial charge on any atom is -0.457 e. The van der Waals surface area contributed by atoms with Crippen molar-refractivity contribution < 1.29 is 69.0 Å². The van der Waals surface area contributed by atoms with Crippen LogP contribution in [0.4, 0.5) is 0 Å². The zero-order valence-corrected chi connectivity index (χ0v) is 24.2. The van der Waals surface area contributed by atoms with Gasteiger partial charge in [0.05, 0.1) is 25.9 Å². The molecule has 2 saturated heterocycles. The lowest BCUT2D eigenvalue weighted by atomic mass is 9.94. The minimum atomic E-state index is -1.67. The molecule has 18 nitrogen and oxygen atoms in total. The number of aliphatic imine (C=N–C) groups is 1. The average molecular weight is 623 g/mol. The first-order valence-corrected chi connectivity index (χ1v) is 14.0. The number of amidine groups is 1. The van der Waals surface area contributed by atoms with Gasteiger partial charge in [0.1, 0.15) is 60.9 Å². The summed E-state index contributed by atoms with van der Waals surface area (Å²) in [4.78, 5) is 30.0. The van der Waals surface area contributed by atoms with Gasteiger partial charge >= 0.3 is 0 Å². The van der Waals surface area contributed by atoms with Gasteiger partial charge in [-0.25, -0.2) is 4.99 Å². The molecule has 18 heteroatoms. The molecule has 2 amide bonds. The van der Waals surface area contributed by atoms with Crippen molar-refractivity contribution in [2.75, 3.05) is 33.9 Å². The van der Waals surface area contributed by atoms with Crippen molar-refractivity contribution in [3.63, 3.8) is 0 Å². The Balaban J connectivity index is 1.58. The lowest BCUT2D eigenvalue weighted by Gasteiger charge is -2.48. The number of hydrogen-bond donors (Lipinski definition) is 9. The summed E-state index contributed by atoms with van der Waals surface area (Å²) in [7, 11) is 3.41. The first-order valence-electron chi connectivity index (χ1n) is 14.0. The maximum Gasteiger partial charge on any atom is 0.287 e. The average Bonchev–Trinajstić information content (AvgIpc) is 3.48. The third kappa shape index (κ3) is 6.74. The van der Waals surface area contributed by atoms with E-state index in [2.05, 4.69) is 15.6 Å². The van der Waals surface area contributed by atoms with Gasteiger partial charge in [-0.2, -0.15) is 0 Å². The van der Waals surface area contributed by atoms with Crippen LogP contribution in [0.3, 0.4) is 0 Å². The Kier molecular flexibility index (Phi) is 10.8. The van der Waals surface area contributed by atoms with E-state index in [0.717, 1.165) is 6.92 Å². The summed E-state index contributed by atoms with van der Waals surface area (Å²) < 4.78 is 29.4. The second kappa shape index (κ2) is 13.8. The van der Waals surface area contributed by atoms with Gasteiger partial charge in [0.15, 0.2) is 18.7 Å². The molecule has 43 heavy (non-hydrogen) atoms. The van der Waals surface area contributed by atoms with E-state index in [4.69, 9.17) is 23.7 Å². The number of aliphatic hydroxyl groups excluding tert-OH is 7. The summed E-state index contributed by atoms with van der Waals surface area (Å²) in [5.74, 6) is -1.95. The molecule has 9 N–H and O–H groups in total. The smallest absolute Gasteiger partial charge is 0.287 e. The maximum atomic E-state index is 12.2. The van der Waals surface area contributed by atoms with E-state index in [1.807, 2.05) is 0 Å². The van der Waals surface area contributed by atoms with E-state index in [1.165, 1.54) is 6.92 Å². The van der Waals surface area contributed by atoms with Crippen LogP contribution >= 0.6 is 0 Å². The number of nitrogens with one attached hydrogen (secondary N) is 2. The van der Waals surface area contributed by atoms with Gasteiger partial charge in [0.25, 0.3) is 6.02 Å². The number of rotatable bonds is 9. The number of fused-ring (bicyclic) bond motifs is 1. The number of amides is 2. The molecule has 1 saturated carbocycles. The molecule has 1 aliphatic carbocycles. The van der Waals surface area contributed by atoms with E-state index in [9.17, 15) is 45.3 Å². The van der Waals surface area contributed by atoms with Crippen LogP contribution in [0, 0.1) is 5.92 Å². The number of ether oxygens (including phenoxy) is 5. The summed E-state index contributed by atoms with van der Waals surface area (Å²) in [5.41, 5.74) is 0. The fourth-order valence-electron chi connectivity index (χ4n) is 5.89. The van der Waals surface area contributed by atoms with Gasteiger partial charge in [-0.3, -0.25) is 9.59 Å². The fraction of sp³-hybridized carbons (Fsp3) is 0.880. The monoisotopic (exact) mass is 622 g/mol. The highest BCUT2D eigenvalue weighted by Crippen LogP contribution is 2.39.